The Morgan fingerprint density at radius 1 is 1.35 bits per heavy atom. The molecule has 0 unspecified atom stereocenters. The lowest BCUT2D eigenvalue weighted by Gasteiger charge is -2.15. The number of nitrogens with zero attached hydrogens (tertiary/aromatic N) is 2. The molecule has 0 aliphatic heterocycles. The highest BCUT2D eigenvalue weighted by Crippen LogP contribution is 2.16. The zero-order valence-electron chi connectivity index (χ0n) is 14.1. The molecule has 2 N–H and O–H groups in total. The molecular weight excluding hydrogens is 316 g/mol. The third kappa shape index (κ3) is 7.34. The highest BCUT2D eigenvalue weighted by atomic mass is 35.5. The summed E-state index contributed by atoms with van der Waals surface area (Å²) >= 11 is 6.03. The van der Waals surface area contributed by atoms with E-state index in [0.717, 1.165) is 16.1 Å². The molecule has 0 heterocycles. The topological polar surface area (TPSA) is 66.0 Å². The Bertz CT molecular complexity index is 547. The van der Waals surface area contributed by atoms with Gasteiger partial charge in [-0.25, -0.2) is 4.99 Å². The van der Waals surface area contributed by atoms with E-state index in [4.69, 9.17) is 16.3 Å². The van der Waals surface area contributed by atoms with Crippen LogP contribution in [-0.4, -0.2) is 57.7 Å². The van der Waals surface area contributed by atoms with Gasteiger partial charge < -0.3 is 20.3 Å². The lowest BCUT2D eigenvalue weighted by Crippen LogP contribution is -2.43. The average Bonchev–Trinajstić information content (AvgIpc) is 2.52. The molecule has 0 saturated carbocycles. The van der Waals surface area contributed by atoms with Crippen LogP contribution in [0.15, 0.2) is 23.2 Å². The molecule has 7 heteroatoms. The van der Waals surface area contributed by atoms with Crippen LogP contribution >= 0.6 is 11.6 Å². The van der Waals surface area contributed by atoms with E-state index in [1.165, 1.54) is 4.90 Å². The number of likely N-dealkylation sites (N-methyl/N-ethyl adjacent to an activating group) is 1. The average molecular weight is 341 g/mol. The SMILES string of the molecule is COCCNC(=NCc1ccc(Cl)c(C)c1)NCC(=O)N(C)C. The smallest absolute Gasteiger partial charge is 0.241 e. The molecule has 128 valence electrons. The van der Waals surface area contributed by atoms with Crippen LogP contribution in [0.1, 0.15) is 11.1 Å². The Morgan fingerprint density at radius 3 is 2.70 bits per heavy atom. The standard InChI is InChI=1S/C16H25ClN4O2/c1-12-9-13(5-6-14(12)17)10-19-16(18-7-8-23-4)20-11-15(22)21(2)3/h5-6,9H,7-8,10-11H2,1-4H3,(H2,18,19,20). The predicted octanol–water partition coefficient (Wildman–Crippen LogP) is 1.42. The van der Waals surface area contributed by atoms with Crippen LogP contribution < -0.4 is 10.6 Å². The molecule has 0 aliphatic rings. The van der Waals surface area contributed by atoms with Crippen molar-refractivity contribution in [2.45, 2.75) is 13.5 Å². The zero-order chi connectivity index (χ0) is 17.2. The molecular formula is C16H25ClN4O2. The largest absolute Gasteiger partial charge is 0.383 e. The fraction of sp³-hybridized carbons (Fsp3) is 0.500. The molecule has 0 spiro atoms. The van der Waals surface area contributed by atoms with Gasteiger partial charge in [-0.05, 0) is 24.1 Å². The van der Waals surface area contributed by atoms with Gasteiger partial charge in [-0.3, -0.25) is 4.79 Å². The minimum atomic E-state index is -0.0198. The number of methoxy groups -OCH3 is 1. The minimum absolute atomic E-state index is 0.0198. The quantitative estimate of drug-likeness (QED) is 0.447. The number of aliphatic imine (C=N–C) groups is 1. The van der Waals surface area contributed by atoms with Gasteiger partial charge in [0.2, 0.25) is 5.91 Å². The number of aryl methyl sites for hydroxylation is 1. The first-order valence-electron chi connectivity index (χ1n) is 7.40. The number of benzene rings is 1. The van der Waals surface area contributed by atoms with Gasteiger partial charge in [0, 0.05) is 32.8 Å². The van der Waals surface area contributed by atoms with Crippen LogP contribution in [-0.2, 0) is 16.1 Å². The predicted molar refractivity (Wildman–Crippen MR) is 93.9 cm³/mol. The van der Waals surface area contributed by atoms with Gasteiger partial charge in [0.15, 0.2) is 5.96 Å². The Labute approximate surface area is 142 Å². The van der Waals surface area contributed by atoms with E-state index >= 15 is 0 Å². The van der Waals surface area contributed by atoms with Crippen LogP contribution in [0.2, 0.25) is 5.02 Å². The number of guanidine groups is 1. The maximum absolute atomic E-state index is 11.7. The van der Waals surface area contributed by atoms with Crippen molar-refractivity contribution in [2.24, 2.45) is 4.99 Å². The lowest BCUT2D eigenvalue weighted by molar-refractivity contribution is -0.127. The molecule has 0 radical (unpaired) electrons. The first kappa shape index (κ1) is 19.3. The second kappa shape index (κ2) is 10.1. The summed E-state index contributed by atoms with van der Waals surface area (Å²) in [6.45, 7) is 3.81. The van der Waals surface area contributed by atoms with E-state index in [2.05, 4.69) is 15.6 Å². The second-order valence-corrected chi connectivity index (χ2v) is 5.72. The van der Waals surface area contributed by atoms with Gasteiger partial charge in [-0.1, -0.05) is 23.7 Å². The van der Waals surface area contributed by atoms with Crippen LogP contribution in [0.5, 0.6) is 0 Å². The van der Waals surface area contributed by atoms with Crippen molar-refractivity contribution in [1.29, 1.82) is 0 Å². The molecule has 0 bridgehead atoms. The van der Waals surface area contributed by atoms with Crippen molar-refractivity contribution in [3.63, 3.8) is 0 Å². The van der Waals surface area contributed by atoms with Crippen LogP contribution in [0, 0.1) is 6.92 Å². The summed E-state index contributed by atoms with van der Waals surface area (Å²) < 4.78 is 5.01. The third-order valence-corrected chi connectivity index (χ3v) is 3.57. The summed E-state index contributed by atoms with van der Waals surface area (Å²) in [5, 5.41) is 6.89. The molecule has 23 heavy (non-hydrogen) atoms. The Morgan fingerprint density at radius 2 is 2.09 bits per heavy atom. The number of hydrogen-bond donors (Lipinski definition) is 2. The van der Waals surface area contributed by atoms with Crippen LogP contribution in [0.25, 0.3) is 0 Å². The molecule has 0 fully saturated rings. The van der Waals surface area contributed by atoms with Crippen molar-refractivity contribution in [3.05, 3.63) is 34.3 Å². The molecule has 0 saturated heterocycles. The van der Waals surface area contributed by atoms with E-state index in [1.54, 1.807) is 21.2 Å². The zero-order valence-corrected chi connectivity index (χ0v) is 14.9. The molecule has 6 nitrogen and oxygen atoms in total. The number of nitrogens with one attached hydrogen (secondary N) is 2. The number of ether oxygens (including phenoxy) is 1. The molecule has 1 amide bonds. The fourth-order valence-electron chi connectivity index (χ4n) is 1.74. The Hall–Kier alpha value is -1.79. The molecule has 0 atom stereocenters. The van der Waals surface area contributed by atoms with E-state index in [-0.39, 0.29) is 12.5 Å². The van der Waals surface area contributed by atoms with Crippen LogP contribution in [0.3, 0.4) is 0 Å². The van der Waals surface area contributed by atoms with Gasteiger partial charge in [-0.2, -0.15) is 0 Å². The first-order chi connectivity index (χ1) is 10.9. The summed E-state index contributed by atoms with van der Waals surface area (Å²) in [6, 6.07) is 5.81. The van der Waals surface area contributed by atoms with Crippen molar-refractivity contribution in [3.8, 4) is 0 Å². The monoisotopic (exact) mass is 340 g/mol. The lowest BCUT2D eigenvalue weighted by atomic mass is 10.1. The normalized spacial score (nSPS) is 11.3. The minimum Gasteiger partial charge on any atom is -0.383 e. The van der Waals surface area contributed by atoms with E-state index in [0.29, 0.717) is 25.7 Å². The number of carbonyl (C=O) groups excluding carboxylic acids is 1. The summed E-state index contributed by atoms with van der Waals surface area (Å²) in [5.74, 6) is 0.554. The van der Waals surface area contributed by atoms with Gasteiger partial charge in [0.25, 0.3) is 0 Å². The van der Waals surface area contributed by atoms with Gasteiger partial charge in [0.05, 0.1) is 19.7 Å². The molecule has 1 aromatic rings. The maximum atomic E-state index is 11.7. The highest BCUT2D eigenvalue weighted by Gasteiger charge is 2.06. The summed E-state index contributed by atoms with van der Waals surface area (Å²) in [4.78, 5) is 17.7. The van der Waals surface area contributed by atoms with Crippen molar-refractivity contribution < 1.29 is 9.53 Å². The van der Waals surface area contributed by atoms with Crippen molar-refractivity contribution in [2.75, 3.05) is 40.9 Å². The molecule has 1 rings (SSSR count). The second-order valence-electron chi connectivity index (χ2n) is 5.31. The Kier molecular flexibility index (Phi) is 8.43. The van der Waals surface area contributed by atoms with Gasteiger partial charge in [-0.15, -0.1) is 0 Å². The summed E-state index contributed by atoms with van der Waals surface area (Å²) in [5.41, 5.74) is 2.07. The first-order valence-corrected chi connectivity index (χ1v) is 7.78. The highest BCUT2D eigenvalue weighted by molar-refractivity contribution is 6.31. The van der Waals surface area contributed by atoms with E-state index in [1.807, 2.05) is 25.1 Å². The van der Waals surface area contributed by atoms with Crippen molar-refractivity contribution in [1.82, 2.24) is 15.5 Å². The van der Waals surface area contributed by atoms with Gasteiger partial charge >= 0.3 is 0 Å². The van der Waals surface area contributed by atoms with E-state index < -0.39 is 0 Å². The van der Waals surface area contributed by atoms with Crippen LogP contribution in [0.4, 0.5) is 0 Å². The number of carbonyl (C=O) groups is 1. The molecule has 0 aliphatic carbocycles. The van der Waals surface area contributed by atoms with Gasteiger partial charge in [0.1, 0.15) is 0 Å². The third-order valence-electron chi connectivity index (χ3n) is 3.15. The summed E-state index contributed by atoms with van der Waals surface area (Å²) in [6.07, 6.45) is 0. The molecule has 0 aromatic heterocycles. The number of halogens is 1. The number of rotatable bonds is 7. The maximum Gasteiger partial charge on any atom is 0.241 e. The number of hydrogen-bond acceptors (Lipinski definition) is 3. The van der Waals surface area contributed by atoms with Crippen molar-refractivity contribution >= 4 is 23.5 Å². The number of amides is 1. The Balaban J connectivity index is 2.68. The fourth-order valence-corrected chi connectivity index (χ4v) is 1.86. The van der Waals surface area contributed by atoms with E-state index in [9.17, 15) is 4.79 Å². The molecule has 1 aromatic carbocycles. The summed E-state index contributed by atoms with van der Waals surface area (Å²) in [7, 11) is 5.07.